The molecule has 0 fully saturated rings. The maximum atomic E-state index is 10.1. The molecular weight excluding hydrogens is 228 g/mol. The first-order valence-electron chi connectivity index (χ1n) is 6.68. The van der Waals surface area contributed by atoms with Crippen LogP contribution in [0.5, 0.6) is 0 Å². The van der Waals surface area contributed by atoms with Gasteiger partial charge in [-0.2, -0.15) is 0 Å². The highest BCUT2D eigenvalue weighted by molar-refractivity contribution is 5.14. The van der Waals surface area contributed by atoms with Crippen molar-refractivity contribution in [2.24, 2.45) is 0 Å². The van der Waals surface area contributed by atoms with E-state index in [2.05, 4.69) is 12.1 Å². The Hall–Kier alpha value is -0.900. The van der Waals surface area contributed by atoms with Gasteiger partial charge in [0.05, 0.1) is 12.7 Å². The lowest BCUT2D eigenvalue weighted by molar-refractivity contribution is -0.239. The molecule has 0 amide bonds. The van der Waals surface area contributed by atoms with Crippen molar-refractivity contribution in [1.82, 2.24) is 0 Å². The molecule has 18 heavy (non-hydrogen) atoms. The Balaban J connectivity index is 2.47. The molecule has 1 aromatic carbocycles. The Labute approximate surface area is 109 Å². The summed E-state index contributed by atoms with van der Waals surface area (Å²) >= 11 is 0. The number of hydrogen-bond acceptors (Lipinski definition) is 3. The van der Waals surface area contributed by atoms with Crippen molar-refractivity contribution in [3.05, 3.63) is 35.9 Å². The highest BCUT2D eigenvalue weighted by atomic mass is 16.6. The van der Waals surface area contributed by atoms with E-state index in [1.807, 2.05) is 32.0 Å². The molecular formula is C15H24O3. The molecule has 0 saturated heterocycles. The van der Waals surface area contributed by atoms with Gasteiger partial charge in [-0.15, -0.1) is 0 Å². The Morgan fingerprint density at radius 3 is 2.28 bits per heavy atom. The number of benzene rings is 1. The van der Waals surface area contributed by atoms with E-state index >= 15 is 0 Å². The lowest BCUT2D eigenvalue weighted by Crippen LogP contribution is -2.37. The van der Waals surface area contributed by atoms with Crippen LogP contribution in [-0.2, 0) is 11.2 Å². The fourth-order valence-electron chi connectivity index (χ4n) is 1.89. The van der Waals surface area contributed by atoms with Crippen molar-refractivity contribution in [3.63, 3.8) is 0 Å². The molecule has 0 bridgehead atoms. The minimum Gasteiger partial charge on any atom is -0.394 e. The number of aryl methyl sites for hydroxylation is 1. The Morgan fingerprint density at radius 2 is 1.78 bits per heavy atom. The largest absolute Gasteiger partial charge is 0.394 e. The molecule has 3 nitrogen and oxygen atoms in total. The van der Waals surface area contributed by atoms with Gasteiger partial charge in [-0.3, -0.25) is 0 Å². The van der Waals surface area contributed by atoms with Gasteiger partial charge in [0.2, 0.25) is 0 Å². The van der Waals surface area contributed by atoms with Gasteiger partial charge >= 0.3 is 0 Å². The van der Waals surface area contributed by atoms with Crippen LogP contribution >= 0.6 is 0 Å². The van der Waals surface area contributed by atoms with Crippen molar-refractivity contribution in [2.75, 3.05) is 6.61 Å². The third-order valence-electron chi connectivity index (χ3n) is 3.29. The summed E-state index contributed by atoms with van der Waals surface area (Å²) < 4.78 is 5.61. The summed E-state index contributed by atoms with van der Waals surface area (Å²) in [7, 11) is 0. The topological polar surface area (TPSA) is 49.7 Å². The van der Waals surface area contributed by atoms with Crippen LogP contribution in [0, 0.1) is 0 Å². The van der Waals surface area contributed by atoms with Crippen molar-refractivity contribution in [3.8, 4) is 0 Å². The molecule has 1 aromatic rings. The molecule has 0 saturated carbocycles. The van der Waals surface area contributed by atoms with Crippen molar-refractivity contribution >= 4 is 0 Å². The summed E-state index contributed by atoms with van der Waals surface area (Å²) in [5, 5.41) is 19.4. The van der Waals surface area contributed by atoms with E-state index < -0.39 is 5.79 Å². The summed E-state index contributed by atoms with van der Waals surface area (Å²) in [6.07, 6.45) is 2.31. The summed E-state index contributed by atoms with van der Waals surface area (Å²) in [5.74, 6) is -1.11. The van der Waals surface area contributed by atoms with Crippen LogP contribution in [0.15, 0.2) is 30.3 Å². The number of aliphatic hydroxyl groups is 2. The Morgan fingerprint density at radius 1 is 1.17 bits per heavy atom. The molecule has 2 N–H and O–H groups in total. The van der Waals surface area contributed by atoms with Crippen molar-refractivity contribution in [1.29, 1.82) is 0 Å². The van der Waals surface area contributed by atoms with Gasteiger partial charge in [0, 0.05) is 0 Å². The maximum Gasteiger partial charge on any atom is 0.165 e. The van der Waals surface area contributed by atoms with Crippen molar-refractivity contribution < 1.29 is 14.9 Å². The number of rotatable bonds is 8. The normalized spacial score (nSPS) is 13.6. The van der Waals surface area contributed by atoms with Gasteiger partial charge in [0.25, 0.3) is 0 Å². The van der Waals surface area contributed by atoms with Crippen LogP contribution < -0.4 is 0 Å². The predicted molar refractivity (Wildman–Crippen MR) is 72.3 cm³/mol. The molecule has 1 rings (SSSR count). The second-order valence-corrected chi connectivity index (χ2v) is 4.60. The highest BCUT2D eigenvalue weighted by Crippen LogP contribution is 2.20. The number of aliphatic hydroxyl groups excluding tert-OH is 1. The number of hydrogen-bond donors (Lipinski definition) is 2. The monoisotopic (exact) mass is 252 g/mol. The molecule has 102 valence electrons. The van der Waals surface area contributed by atoms with E-state index in [9.17, 15) is 10.2 Å². The minimum absolute atomic E-state index is 0.0604. The van der Waals surface area contributed by atoms with Crippen LogP contribution in [0.3, 0.4) is 0 Å². The van der Waals surface area contributed by atoms with Crippen LogP contribution in [0.4, 0.5) is 0 Å². The summed E-state index contributed by atoms with van der Waals surface area (Å²) in [4.78, 5) is 0. The van der Waals surface area contributed by atoms with Crippen LogP contribution in [-0.4, -0.2) is 28.7 Å². The molecule has 0 aliphatic heterocycles. The first kappa shape index (κ1) is 15.2. The van der Waals surface area contributed by atoms with Gasteiger partial charge in [-0.1, -0.05) is 44.2 Å². The lowest BCUT2D eigenvalue weighted by atomic mass is 10.1. The third kappa shape index (κ3) is 4.77. The SMILES string of the molecule is CCC(O)(CC)OC(CO)CCc1ccccc1. The van der Waals surface area contributed by atoms with Crippen LogP contribution in [0.25, 0.3) is 0 Å². The molecule has 1 atom stereocenters. The molecule has 0 aliphatic rings. The Kier molecular flexibility index (Phi) is 6.33. The highest BCUT2D eigenvalue weighted by Gasteiger charge is 2.26. The van der Waals surface area contributed by atoms with E-state index in [0.29, 0.717) is 19.3 Å². The zero-order valence-electron chi connectivity index (χ0n) is 11.3. The van der Waals surface area contributed by atoms with E-state index in [-0.39, 0.29) is 12.7 Å². The minimum atomic E-state index is -1.11. The van der Waals surface area contributed by atoms with E-state index in [4.69, 9.17) is 4.74 Å². The quantitative estimate of drug-likeness (QED) is 0.699. The standard InChI is InChI=1S/C15H24O3/c1-3-15(17,4-2)18-14(12-16)11-10-13-8-6-5-7-9-13/h5-9,14,16-17H,3-4,10-12H2,1-2H3. The smallest absolute Gasteiger partial charge is 0.165 e. The van der Waals surface area contributed by atoms with Gasteiger partial charge < -0.3 is 14.9 Å². The molecule has 0 spiro atoms. The van der Waals surface area contributed by atoms with Gasteiger partial charge in [0.15, 0.2) is 5.79 Å². The van der Waals surface area contributed by atoms with E-state index in [1.165, 1.54) is 5.56 Å². The average molecular weight is 252 g/mol. The molecule has 0 aliphatic carbocycles. The first-order chi connectivity index (χ1) is 8.63. The zero-order valence-corrected chi connectivity index (χ0v) is 11.3. The first-order valence-corrected chi connectivity index (χ1v) is 6.68. The van der Waals surface area contributed by atoms with Crippen LogP contribution in [0.2, 0.25) is 0 Å². The molecule has 0 aromatic heterocycles. The van der Waals surface area contributed by atoms with Crippen LogP contribution in [0.1, 0.15) is 38.7 Å². The van der Waals surface area contributed by atoms with E-state index in [1.54, 1.807) is 0 Å². The van der Waals surface area contributed by atoms with Gasteiger partial charge in [-0.05, 0) is 31.2 Å². The molecule has 0 radical (unpaired) electrons. The lowest BCUT2D eigenvalue weighted by Gasteiger charge is -2.30. The van der Waals surface area contributed by atoms with E-state index in [0.717, 1.165) is 6.42 Å². The maximum absolute atomic E-state index is 10.1. The predicted octanol–water partition coefficient (Wildman–Crippen LogP) is 2.51. The van der Waals surface area contributed by atoms with Gasteiger partial charge in [-0.25, -0.2) is 0 Å². The fraction of sp³-hybridized carbons (Fsp3) is 0.600. The summed E-state index contributed by atoms with van der Waals surface area (Å²) in [6.45, 7) is 3.71. The zero-order chi connectivity index (χ0) is 13.4. The average Bonchev–Trinajstić information content (AvgIpc) is 2.44. The third-order valence-corrected chi connectivity index (χ3v) is 3.29. The van der Waals surface area contributed by atoms with Gasteiger partial charge in [0.1, 0.15) is 0 Å². The van der Waals surface area contributed by atoms with Crippen molar-refractivity contribution in [2.45, 2.75) is 51.4 Å². The molecule has 1 unspecified atom stereocenters. The molecule has 0 heterocycles. The second-order valence-electron chi connectivity index (χ2n) is 4.60. The summed E-state index contributed by atoms with van der Waals surface area (Å²) in [6, 6.07) is 10.1. The number of ether oxygens (including phenoxy) is 1. The molecule has 3 heteroatoms. The second kappa shape index (κ2) is 7.52. The Bertz CT molecular complexity index is 320. The fourth-order valence-corrected chi connectivity index (χ4v) is 1.89. The summed E-state index contributed by atoms with van der Waals surface area (Å²) in [5.41, 5.74) is 1.22.